The van der Waals surface area contributed by atoms with Crippen molar-refractivity contribution in [3.8, 4) is 5.95 Å². The summed E-state index contributed by atoms with van der Waals surface area (Å²) in [6.45, 7) is 0. The highest BCUT2D eigenvalue weighted by Gasteiger charge is 2.20. The van der Waals surface area contributed by atoms with E-state index in [-0.39, 0.29) is 35.2 Å². The summed E-state index contributed by atoms with van der Waals surface area (Å²) >= 11 is 0. The SMILES string of the molecule is Nc1nc(-n2nc(Cc3ccccc3F)c3ncc(F)cc32)nc(N)c1NC(=O)O. The molecule has 4 rings (SSSR count). The molecule has 3 aromatic heterocycles. The van der Waals surface area contributed by atoms with Gasteiger partial charge in [0.15, 0.2) is 11.6 Å². The summed E-state index contributed by atoms with van der Waals surface area (Å²) in [6.07, 6.45) is -0.297. The van der Waals surface area contributed by atoms with E-state index in [1.54, 1.807) is 18.2 Å². The normalized spacial score (nSPS) is 11.0. The van der Waals surface area contributed by atoms with E-state index in [0.29, 0.717) is 16.8 Å². The summed E-state index contributed by atoms with van der Waals surface area (Å²) in [5, 5.41) is 15.2. The van der Waals surface area contributed by atoms with E-state index in [1.165, 1.54) is 16.8 Å². The summed E-state index contributed by atoms with van der Waals surface area (Å²) < 4.78 is 29.1. The minimum Gasteiger partial charge on any atom is -0.465 e. The monoisotopic (exact) mass is 412 g/mol. The summed E-state index contributed by atoms with van der Waals surface area (Å²) in [4.78, 5) is 23.0. The molecule has 1 aromatic carbocycles. The number of amides is 1. The number of nitrogens with two attached hydrogens (primary N) is 2. The first-order chi connectivity index (χ1) is 14.3. The first-order valence-electron chi connectivity index (χ1n) is 8.53. The predicted molar refractivity (Wildman–Crippen MR) is 104 cm³/mol. The molecule has 0 saturated heterocycles. The Morgan fingerprint density at radius 1 is 1.17 bits per heavy atom. The lowest BCUT2D eigenvalue weighted by Crippen LogP contribution is -2.16. The van der Waals surface area contributed by atoms with Crippen molar-refractivity contribution in [3.05, 3.63) is 59.4 Å². The van der Waals surface area contributed by atoms with Gasteiger partial charge in [-0.2, -0.15) is 19.7 Å². The van der Waals surface area contributed by atoms with Gasteiger partial charge in [0.1, 0.15) is 22.8 Å². The van der Waals surface area contributed by atoms with E-state index in [4.69, 9.17) is 16.6 Å². The fraction of sp³-hybridized carbons (Fsp3) is 0.0556. The summed E-state index contributed by atoms with van der Waals surface area (Å²) in [7, 11) is 0. The first kappa shape index (κ1) is 19.0. The van der Waals surface area contributed by atoms with E-state index in [1.807, 2.05) is 5.32 Å². The third kappa shape index (κ3) is 3.41. The number of anilines is 3. The Morgan fingerprint density at radius 2 is 1.87 bits per heavy atom. The number of hydrogen-bond acceptors (Lipinski definition) is 7. The Kier molecular flexibility index (Phi) is 4.58. The number of aromatic nitrogens is 5. The maximum absolute atomic E-state index is 14.1. The number of halogens is 2. The van der Waals surface area contributed by atoms with Crippen molar-refractivity contribution < 1.29 is 18.7 Å². The molecule has 0 bridgehead atoms. The molecular weight excluding hydrogens is 398 g/mol. The van der Waals surface area contributed by atoms with Crippen molar-refractivity contribution in [2.45, 2.75) is 6.42 Å². The molecule has 10 nitrogen and oxygen atoms in total. The molecule has 0 aliphatic carbocycles. The lowest BCUT2D eigenvalue weighted by molar-refractivity contribution is 0.209. The molecule has 6 N–H and O–H groups in total. The second kappa shape index (κ2) is 7.24. The fourth-order valence-corrected chi connectivity index (χ4v) is 2.94. The van der Waals surface area contributed by atoms with E-state index in [0.717, 1.165) is 6.20 Å². The number of pyridine rings is 1. The van der Waals surface area contributed by atoms with Gasteiger partial charge in [-0.05, 0) is 11.6 Å². The van der Waals surface area contributed by atoms with Crippen LogP contribution < -0.4 is 16.8 Å². The number of carbonyl (C=O) groups is 1. The zero-order chi connectivity index (χ0) is 21.4. The average molecular weight is 412 g/mol. The van der Waals surface area contributed by atoms with Crippen molar-refractivity contribution in [1.82, 2.24) is 24.7 Å². The number of rotatable bonds is 4. The second-order valence-electron chi connectivity index (χ2n) is 6.25. The molecule has 12 heteroatoms. The van der Waals surface area contributed by atoms with E-state index >= 15 is 0 Å². The van der Waals surface area contributed by atoms with Crippen molar-refractivity contribution >= 4 is 34.4 Å². The van der Waals surface area contributed by atoms with Gasteiger partial charge in [-0.1, -0.05) is 18.2 Å². The Morgan fingerprint density at radius 3 is 2.53 bits per heavy atom. The Labute approximate surface area is 167 Å². The number of carboxylic acid groups (broad SMARTS) is 1. The molecule has 0 radical (unpaired) electrons. The van der Waals surface area contributed by atoms with Crippen molar-refractivity contribution in [1.29, 1.82) is 0 Å². The highest BCUT2D eigenvalue weighted by Crippen LogP contribution is 2.27. The predicted octanol–water partition coefficient (Wildman–Crippen LogP) is 2.33. The fourth-order valence-electron chi connectivity index (χ4n) is 2.94. The van der Waals surface area contributed by atoms with Crippen LogP contribution in [0, 0.1) is 11.6 Å². The third-order valence-electron chi connectivity index (χ3n) is 4.25. The van der Waals surface area contributed by atoms with Gasteiger partial charge in [0.25, 0.3) is 5.95 Å². The number of nitrogen functional groups attached to an aromatic ring is 2. The van der Waals surface area contributed by atoms with Crippen LogP contribution in [-0.2, 0) is 6.42 Å². The number of fused-ring (bicyclic) bond motifs is 1. The molecule has 0 spiro atoms. The molecular formula is C18H14F2N8O2. The molecule has 0 aliphatic rings. The molecule has 0 fully saturated rings. The number of nitrogens with one attached hydrogen (secondary N) is 1. The first-order valence-corrected chi connectivity index (χ1v) is 8.53. The lowest BCUT2D eigenvalue weighted by Gasteiger charge is -2.09. The minimum atomic E-state index is -1.40. The summed E-state index contributed by atoms with van der Waals surface area (Å²) in [5.41, 5.74) is 12.7. The van der Waals surface area contributed by atoms with Gasteiger partial charge < -0.3 is 16.6 Å². The molecule has 1 amide bonds. The molecule has 152 valence electrons. The molecule has 30 heavy (non-hydrogen) atoms. The van der Waals surface area contributed by atoms with Gasteiger partial charge in [0.05, 0.1) is 17.4 Å². The van der Waals surface area contributed by atoms with Crippen molar-refractivity contribution in [2.24, 2.45) is 0 Å². The van der Waals surface area contributed by atoms with Crippen LogP contribution in [0.1, 0.15) is 11.3 Å². The van der Waals surface area contributed by atoms with E-state index < -0.39 is 17.7 Å². The average Bonchev–Trinajstić information content (AvgIpc) is 3.03. The molecule has 0 saturated carbocycles. The van der Waals surface area contributed by atoms with Crippen LogP contribution in [0.2, 0.25) is 0 Å². The van der Waals surface area contributed by atoms with E-state index in [9.17, 15) is 13.6 Å². The summed E-state index contributed by atoms with van der Waals surface area (Å²) in [5.74, 6) is -1.67. The second-order valence-corrected chi connectivity index (χ2v) is 6.25. The highest BCUT2D eigenvalue weighted by atomic mass is 19.1. The smallest absolute Gasteiger partial charge is 0.409 e. The molecule has 0 aliphatic heterocycles. The van der Waals surface area contributed by atoms with Crippen molar-refractivity contribution in [3.63, 3.8) is 0 Å². The van der Waals surface area contributed by atoms with Crippen molar-refractivity contribution in [2.75, 3.05) is 16.8 Å². The molecule has 0 unspecified atom stereocenters. The third-order valence-corrected chi connectivity index (χ3v) is 4.25. The lowest BCUT2D eigenvalue weighted by atomic mass is 10.1. The largest absolute Gasteiger partial charge is 0.465 e. The van der Waals surface area contributed by atoms with Crippen LogP contribution in [0.4, 0.5) is 30.9 Å². The van der Waals surface area contributed by atoms with Gasteiger partial charge in [-0.15, -0.1) is 0 Å². The number of benzene rings is 1. The molecule has 0 atom stereocenters. The minimum absolute atomic E-state index is 0.0818. The Bertz CT molecular complexity index is 1270. The topological polar surface area (TPSA) is 158 Å². The van der Waals surface area contributed by atoms with Crippen LogP contribution in [0.5, 0.6) is 0 Å². The highest BCUT2D eigenvalue weighted by molar-refractivity contribution is 5.91. The van der Waals surface area contributed by atoms with E-state index in [2.05, 4.69) is 20.1 Å². The van der Waals surface area contributed by atoms with Gasteiger partial charge in [-0.25, -0.2) is 18.6 Å². The van der Waals surface area contributed by atoms with Crippen LogP contribution in [0.25, 0.3) is 17.0 Å². The standard InChI is InChI=1S/C18H14F2N8O2/c19-9-6-12-13(23-7-9)11(5-8-3-1-2-4-10(8)20)27-28(12)17-25-15(21)14(16(22)26-17)24-18(29)30/h1-4,6-7,24H,5H2,(H,29,30)(H4,21,22,25,26). The van der Waals surface area contributed by atoms with Crippen LogP contribution >= 0.6 is 0 Å². The zero-order valence-corrected chi connectivity index (χ0v) is 15.2. The quantitative estimate of drug-likeness (QED) is 0.398. The van der Waals surface area contributed by atoms with Crippen LogP contribution in [0.15, 0.2) is 36.5 Å². The Balaban J connectivity index is 1.87. The van der Waals surface area contributed by atoms with Gasteiger partial charge >= 0.3 is 6.09 Å². The Hall–Kier alpha value is -4.35. The van der Waals surface area contributed by atoms with Gasteiger partial charge in [-0.3, -0.25) is 5.32 Å². The maximum atomic E-state index is 14.1. The summed E-state index contributed by atoms with van der Waals surface area (Å²) in [6, 6.07) is 7.33. The van der Waals surface area contributed by atoms with Gasteiger partial charge in [0.2, 0.25) is 0 Å². The number of nitrogens with zero attached hydrogens (tertiary/aromatic N) is 5. The van der Waals surface area contributed by atoms with Crippen LogP contribution in [-0.4, -0.2) is 35.9 Å². The van der Waals surface area contributed by atoms with Crippen LogP contribution in [0.3, 0.4) is 0 Å². The number of hydrogen-bond donors (Lipinski definition) is 4. The molecule has 4 aromatic rings. The maximum Gasteiger partial charge on any atom is 0.409 e. The molecule has 3 heterocycles. The zero-order valence-electron chi connectivity index (χ0n) is 15.2. The van der Waals surface area contributed by atoms with Gasteiger partial charge in [0, 0.05) is 12.5 Å².